The largest absolute Gasteiger partial charge is 0.387 e. The van der Waals surface area contributed by atoms with E-state index >= 15 is 0 Å². The number of anilines is 2. The molecule has 0 radical (unpaired) electrons. The summed E-state index contributed by atoms with van der Waals surface area (Å²) in [6.07, 6.45) is 9.17. The van der Waals surface area contributed by atoms with Crippen LogP contribution in [0.5, 0.6) is 0 Å². The highest BCUT2D eigenvalue weighted by Gasteiger charge is 2.41. The molecule has 8 nitrogen and oxygen atoms in total. The van der Waals surface area contributed by atoms with E-state index in [2.05, 4.69) is 16.7 Å². The van der Waals surface area contributed by atoms with Crippen LogP contribution in [0.4, 0.5) is 11.5 Å². The molecule has 3 aliphatic rings. The van der Waals surface area contributed by atoms with Crippen molar-refractivity contribution in [2.75, 3.05) is 5.32 Å². The third-order valence-corrected chi connectivity index (χ3v) is 9.31. The number of nitriles is 1. The van der Waals surface area contributed by atoms with Crippen LogP contribution in [0.15, 0.2) is 29.3 Å². The van der Waals surface area contributed by atoms with Gasteiger partial charge in [-0.2, -0.15) is 14.7 Å². The van der Waals surface area contributed by atoms with Crippen LogP contribution in [0.1, 0.15) is 75.7 Å². The summed E-state index contributed by atoms with van der Waals surface area (Å²) in [5, 5.41) is 21.5. The molecule has 3 heterocycles. The van der Waals surface area contributed by atoms with Gasteiger partial charge in [0, 0.05) is 29.9 Å². The first-order chi connectivity index (χ1) is 16.2. The van der Waals surface area contributed by atoms with Crippen molar-refractivity contribution in [3.05, 3.63) is 41.2 Å². The molecule has 180 valence electrons. The Bertz CT molecular complexity index is 1280. The average Bonchev–Trinajstić information content (AvgIpc) is 3.16. The molecule has 0 spiro atoms. The molecule has 1 aromatic heterocycles. The minimum atomic E-state index is -3.49. The minimum Gasteiger partial charge on any atom is -0.387 e. The lowest BCUT2D eigenvalue weighted by Gasteiger charge is -2.29. The van der Waals surface area contributed by atoms with Crippen LogP contribution in [0.2, 0.25) is 0 Å². The van der Waals surface area contributed by atoms with Crippen molar-refractivity contribution in [3.8, 4) is 6.07 Å². The number of nitrogens with zero attached hydrogens (tertiary/aromatic N) is 4. The van der Waals surface area contributed by atoms with E-state index < -0.39 is 15.6 Å². The van der Waals surface area contributed by atoms with Crippen LogP contribution in [0.25, 0.3) is 6.08 Å². The first-order valence-corrected chi connectivity index (χ1v) is 13.5. The van der Waals surface area contributed by atoms with E-state index in [0.717, 1.165) is 60.4 Å². The molecule has 1 fully saturated rings. The van der Waals surface area contributed by atoms with Gasteiger partial charge in [-0.05, 0) is 69.7 Å². The monoisotopic (exact) mass is 480 g/mol. The summed E-state index contributed by atoms with van der Waals surface area (Å²) in [6, 6.07) is 8.01. The van der Waals surface area contributed by atoms with Crippen LogP contribution in [0.3, 0.4) is 0 Å². The summed E-state index contributed by atoms with van der Waals surface area (Å²) in [5.41, 5.74) is 3.21. The van der Waals surface area contributed by atoms with E-state index in [4.69, 9.17) is 5.10 Å². The van der Waals surface area contributed by atoms with Gasteiger partial charge in [0.25, 0.3) is 0 Å². The third kappa shape index (κ3) is 3.89. The zero-order chi connectivity index (χ0) is 24.1. The summed E-state index contributed by atoms with van der Waals surface area (Å²) in [5.74, 6) is 0.706. The van der Waals surface area contributed by atoms with Crippen LogP contribution in [-0.2, 0) is 23.1 Å². The number of aromatic nitrogens is 2. The molecule has 1 aliphatic carbocycles. The Labute approximate surface area is 201 Å². The summed E-state index contributed by atoms with van der Waals surface area (Å²) >= 11 is 0. The molecule has 9 heteroatoms. The SMILES string of the molecule is CC(C)(C)N1Cc2cc(Nc3nn([C@H]4CCCCC[C@@H]4C#N)c4c3CNC=C4)ccc2S1(=O)=O. The number of rotatable bonds is 3. The van der Waals surface area contributed by atoms with Gasteiger partial charge in [0.15, 0.2) is 5.82 Å². The van der Waals surface area contributed by atoms with Gasteiger partial charge in [0.05, 0.1) is 28.6 Å². The summed E-state index contributed by atoms with van der Waals surface area (Å²) < 4.78 is 29.6. The van der Waals surface area contributed by atoms with Gasteiger partial charge in [-0.3, -0.25) is 4.68 Å². The maximum absolute atomic E-state index is 13.0. The third-order valence-electron chi connectivity index (χ3n) is 7.10. The number of benzene rings is 1. The molecule has 0 bridgehead atoms. The molecule has 34 heavy (non-hydrogen) atoms. The van der Waals surface area contributed by atoms with Gasteiger partial charge in [-0.15, -0.1) is 0 Å². The zero-order valence-corrected chi connectivity index (χ0v) is 20.8. The molecule has 5 rings (SSSR count). The van der Waals surface area contributed by atoms with Gasteiger partial charge in [-0.1, -0.05) is 19.3 Å². The molecule has 0 amide bonds. The topological polar surface area (TPSA) is 103 Å². The van der Waals surface area contributed by atoms with Crippen LogP contribution < -0.4 is 10.6 Å². The van der Waals surface area contributed by atoms with Crippen LogP contribution in [-0.4, -0.2) is 28.0 Å². The highest BCUT2D eigenvalue weighted by atomic mass is 32.2. The lowest BCUT2D eigenvalue weighted by molar-refractivity contribution is 0.252. The van der Waals surface area contributed by atoms with Gasteiger partial charge in [-0.25, -0.2) is 8.42 Å². The van der Waals surface area contributed by atoms with E-state index in [1.807, 2.05) is 49.9 Å². The molecule has 2 N–H and O–H groups in total. The number of fused-ring (bicyclic) bond motifs is 2. The Morgan fingerprint density at radius 2 is 2.00 bits per heavy atom. The van der Waals surface area contributed by atoms with Crippen molar-refractivity contribution in [2.24, 2.45) is 5.92 Å². The van der Waals surface area contributed by atoms with Crippen molar-refractivity contribution >= 4 is 27.6 Å². The van der Waals surface area contributed by atoms with E-state index in [9.17, 15) is 13.7 Å². The fourth-order valence-electron chi connectivity index (χ4n) is 5.34. The van der Waals surface area contributed by atoms with E-state index in [0.29, 0.717) is 18.0 Å². The van der Waals surface area contributed by atoms with Crippen molar-refractivity contribution in [1.82, 2.24) is 19.4 Å². The average molecular weight is 481 g/mol. The Kier molecular flexibility index (Phi) is 5.69. The van der Waals surface area contributed by atoms with Crippen LogP contribution >= 0.6 is 0 Å². The van der Waals surface area contributed by atoms with Crippen molar-refractivity contribution in [3.63, 3.8) is 0 Å². The molecular weight excluding hydrogens is 448 g/mol. The van der Waals surface area contributed by atoms with E-state index in [1.54, 1.807) is 10.4 Å². The number of nitrogens with one attached hydrogen (secondary N) is 2. The number of sulfonamides is 1. The van der Waals surface area contributed by atoms with Gasteiger partial charge >= 0.3 is 0 Å². The molecular formula is C25H32N6O2S. The Morgan fingerprint density at radius 1 is 1.21 bits per heavy atom. The smallest absolute Gasteiger partial charge is 0.244 e. The van der Waals surface area contributed by atoms with Crippen LogP contribution in [0, 0.1) is 17.2 Å². The minimum absolute atomic E-state index is 0.0452. The van der Waals surface area contributed by atoms with Gasteiger partial charge < -0.3 is 10.6 Å². The fourth-order valence-corrected chi connectivity index (χ4v) is 7.30. The standard InChI is InChI=1S/C25H32N6O2S/c1-25(2,3)30-16-18-13-19(9-10-23(18)34(30,32)33)28-24-20-15-27-12-11-22(20)31(29-24)21-8-6-4-5-7-17(21)14-26/h9-13,17,21,27H,4-8,15-16H2,1-3H3,(H,28,29)/t17-,21+/m1/s1. The molecule has 1 saturated carbocycles. The molecule has 0 unspecified atom stereocenters. The number of hydrogen-bond donors (Lipinski definition) is 2. The molecule has 2 aliphatic heterocycles. The predicted octanol–water partition coefficient (Wildman–Crippen LogP) is 4.65. The van der Waals surface area contributed by atoms with Crippen molar-refractivity contribution in [1.29, 1.82) is 5.26 Å². The van der Waals surface area contributed by atoms with E-state index in [-0.39, 0.29) is 12.0 Å². The Balaban J connectivity index is 1.49. The molecule has 1 aromatic carbocycles. The summed E-state index contributed by atoms with van der Waals surface area (Å²) in [7, 11) is -3.49. The lowest BCUT2D eigenvalue weighted by Crippen LogP contribution is -2.41. The first-order valence-electron chi connectivity index (χ1n) is 12.0. The quantitative estimate of drug-likeness (QED) is 0.620. The predicted molar refractivity (Wildman–Crippen MR) is 132 cm³/mol. The second kappa shape index (κ2) is 8.43. The highest BCUT2D eigenvalue weighted by Crippen LogP contribution is 2.39. The second-order valence-electron chi connectivity index (χ2n) is 10.4. The molecule has 0 saturated heterocycles. The Hall–Kier alpha value is -2.83. The van der Waals surface area contributed by atoms with Gasteiger partial charge in [0.2, 0.25) is 10.0 Å². The highest BCUT2D eigenvalue weighted by molar-refractivity contribution is 7.89. The summed E-state index contributed by atoms with van der Waals surface area (Å²) in [4.78, 5) is 0.375. The van der Waals surface area contributed by atoms with Crippen molar-refractivity contribution < 1.29 is 8.42 Å². The molecule has 2 aromatic rings. The summed E-state index contributed by atoms with van der Waals surface area (Å²) in [6.45, 7) is 6.75. The first kappa shape index (κ1) is 22.9. The van der Waals surface area contributed by atoms with Gasteiger partial charge in [0.1, 0.15) is 0 Å². The van der Waals surface area contributed by atoms with E-state index in [1.165, 1.54) is 0 Å². The maximum atomic E-state index is 13.0. The normalized spacial score (nSPS) is 23.9. The second-order valence-corrected chi connectivity index (χ2v) is 12.3. The fraction of sp³-hybridized carbons (Fsp3) is 0.520. The zero-order valence-electron chi connectivity index (χ0n) is 20.0. The Morgan fingerprint density at radius 3 is 2.76 bits per heavy atom. The lowest BCUT2D eigenvalue weighted by atomic mass is 9.96. The van der Waals surface area contributed by atoms with Crippen molar-refractivity contribution in [2.45, 2.75) is 82.4 Å². The maximum Gasteiger partial charge on any atom is 0.244 e. The molecule has 2 atom stereocenters. The number of hydrogen-bond acceptors (Lipinski definition) is 6.